The molecule has 0 aromatic heterocycles. The van der Waals surface area contributed by atoms with Crippen LogP contribution in [0.15, 0.2) is 12.2 Å². The van der Waals surface area contributed by atoms with Crippen molar-refractivity contribution in [3.8, 4) is 6.07 Å². The fourth-order valence-corrected chi connectivity index (χ4v) is 5.79. The average Bonchev–Trinajstić information content (AvgIpc) is 2.70. The molecule has 0 bridgehead atoms. The second-order valence-corrected chi connectivity index (χ2v) is 13.4. The van der Waals surface area contributed by atoms with E-state index >= 15 is 0 Å². The Morgan fingerprint density at radius 3 is 2.03 bits per heavy atom. The second-order valence-electron chi connectivity index (χ2n) is 13.4. The van der Waals surface area contributed by atoms with Crippen molar-refractivity contribution in [1.82, 2.24) is 4.90 Å². The van der Waals surface area contributed by atoms with Gasteiger partial charge in [0.1, 0.15) is 6.04 Å². The van der Waals surface area contributed by atoms with Gasteiger partial charge in [-0.05, 0) is 94.4 Å². The van der Waals surface area contributed by atoms with Crippen LogP contribution in [0.3, 0.4) is 0 Å². The molecule has 1 saturated heterocycles. The number of rotatable bonds is 6. The van der Waals surface area contributed by atoms with Crippen LogP contribution in [-0.2, 0) is 0 Å². The Balaban J connectivity index is 2.03. The summed E-state index contributed by atoms with van der Waals surface area (Å²) < 4.78 is 41.5. The van der Waals surface area contributed by atoms with Crippen LogP contribution in [0.5, 0.6) is 0 Å². The van der Waals surface area contributed by atoms with E-state index in [1.165, 1.54) is 0 Å². The van der Waals surface area contributed by atoms with Gasteiger partial charge in [-0.2, -0.15) is 18.4 Å². The van der Waals surface area contributed by atoms with Crippen LogP contribution in [0.1, 0.15) is 107 Å². The monoisotopic (exact) mass is 468 g/mol. The molecule has 2 nitrogen and oxygen atoms in total. The lowest BCUT2D eigenvalue weighted by Gasteiger charge is -2.50. The molecule has 0 unspecified atom stereocenters. The third kappa shape index (κ3) is 7.48. The standard InChI is InChI=1S/C28H47F3N2/c1-21-11-18-33(23(19-21)28(29,30)31)26(7,8)16-15-25(5,6)22-9-12-27(20-32,13-10-22)17-14-24(2,3)4/h14,17,21-23H,9-13,15-16,18-19H2,1-8H3/b17-14-/t21-,22?,23+,27?/m0/s1. The summed E-state index contributed by atoms with van der Waals surface area (Å²) in [6, 6.07) is 1.25. The molecular weight excluding hydrogens is 421 g/mol. The van der Waals surface area contributed by atoms with E-state index in [0.29, 0.717) is 12.5 Å². The van der Waals surface area contributed by atoms with Crippen molar-refractivity contribution in [3.05, 3.63) is 12.2 Å². The quantitative estimate of drug-likeness (QED) is 0.365. The van der Waals surface area contributed by atoms with Crippen LogP contribution in [0.4, 0.5) is 13.2 Å². The number of hydrogen-bond acceptors (Lipinski definition) is 2. The molecule has 2 aliphatic rings. The van der Waals surface area contributed by atoms with Crippen molar-refractivity contribution in [2.24, 2.45) is 28.1 Å². The van der Waals surface area contributed by atoms with E-state index in [-0.39, 0.29) is 28.6 Å². The topological polar surface area (TPSA) is 27.0 Å². The summed E-state index contributed by atoms with van der Waals surface area (Å²) >= 11 is 0. The maximum absolute atomic E-state index is 13.8. The smallest absolute Gasteiger partial charge is 0.287 e. The Morgan fingerprint density at radius 2 is 1.55 bits per heavy atom. The van der Waals surface area contributed by atoms with Gasteiger partial charge in [-0.25, -0.2) is 0 Å². The van der Waals surface area contributed by atoms with Crippen molar-refractivity contribution in [2.75, 3.05) is 6.54 Å². The molecule has 2 atom stereocenters. The SMILES string of the molecule is C[C@H]1CCN(C(C)(C)CCC(C)(C)C2CCC(C#N)(/C=C\C(C)(C)C)CC2)[C@@H](C(F)(F)F)C1. The van der Waals surface area contributed by atoms with Crippen LogP contribution in [0.25, 0.3) is 0 Å². The molecule has 0 aromatic carbocycles. The second kappa shape index (κ2) is 9.92. The van der Waals surface area contributed by atoms with Crippen LogP contribution in [0.2, 0.25) is 0 Å². The van der Waals surface area contributed by atoms with Crippen LogP contribution in [0, 0.1) is 39.4 Å². The summed E-state index contributed by atoms with van der Waals surface area (Å²) in [4.78, 5) is 1.74. The molecule has 0 N–H and O–H groups in total. The molecule has 1 heterocycles. The third-order valence-corrected chi connectivity index (χ3v) is 8.51. The lowest BCUT2D eigenvalue weighted by Crippen LogP contribution is -2.59. The fourth-order valence-electron chi connectivity index (χ4n) is 5.79. The number of piperidine rings is 1. The summed E-state index contributed by atoms with van der Waals surface area (Å²) in [7, 11) is 0. The number of alkyl halides is 3. The molecule has 2 rings (SSSR count). The fraction of sp³-hybridized carbons (Fsp3) is 0.893. The van der Waals surface area contributed by atoms with Gasteiger partial charge in [0.05, 0.1) is 11.5 Å². The molecule has 0 aromatic rings. The van der Waals surface area contributed by atoms with Crippen molar-refractivity contribution in [1.29, 1.82) is 5.26 Å². The Bertz CT molecular complexity index is 713. The van der Waals surface area contributed by atoms with Crippen LogP contribution < -0.4 is 0 Å². The van der Waals surface area contributed by atoms with Crippen LogP contribution >= 0.6 is 0 Å². The highest BCUT2D eigenvalue weighted by Crippen LogP contribution is 2.49. The zero-order chi connectivity index (χ0) is 25.3. The van der Waals surface area contributed by atoms with Gasteiger partial charge in [-0.15, -0.1) is 0 Å². The van der Waals surface area contributed by atoms with Gasteiger partial charge in [-0.3, -0.25) is 4.90 Å². The summed E-state index contributed by atoms with van der Waals surface area (Å²) in [5.74, 6) is 0.618. The van der Waals surface area contributed by atoms with Gasteiger partial charge >= 0.3 is 6.18 Å². The van der Waals surface area contributed by atoms with Crippen LogP contribution in [-0.4, -0.2) is 29.2 Å². The van der Waals surface area contributed by atoms with Gasteiger partial charge in [0, 0.05) is 5.54 Å². The normalized spacial score (nSPS) is 31.0. The zero-order valence-electron chi connectivity index (χ0n) is 22.3. The maximum atomic E-state index is 13.8. The van der Waals surface area contributed by atoms with Gasteiger partial charge in [-0.1, -0.05) is 53.7 Å². The molecular formula is C28H47F3N2. The van der Waals surface area contributed by atoms with Crippen molar-refractivity contribution in [3.63, 3.8) is 0 Å². The zero-order valence-corrected chi connectivity index (χ0v) is 22.3. The predicted molar refractivity (Wildman–Crippen MR) is 131 cm³/mol. The highest BCUT2D eigenvalue weighted by atomic mass is 19.4. The highest BCUT2D eigenvalue weighted by molar-refractivity contribution is 5.16. The minimum Gasteiger partial charge on any atom is -0.287 e. The number of allylic oxidation sites excluding steroid dienone is 2. The molecule has 1 aliphatic heterocycles. The van der Waals surface area contributed by atoms with E-state index in [4.69, 9.17) is 0 Å². The van der Waals surface area contributed by atoms with E-state index < -0.39 is 17.8 Å². The molecule has 2 fully saturated rings. The predicted octanol–water partition coefficient (Wildman–Crippen LogP) is 8.54. The Morgan fingerprint density at radius 1 is 0.970 bits per heavy atom. The van der Waals surface area contributed by atoms with E-state index in [0.717, 1.165) is 44.9 Å². The number of likely N-dealkylation sites (tertiary alicyclic amines) is 1. The first-order valence-corrected chi connectivity index (χ1v) is 12.9. The Labute approximate surface area is 201 Å². The van der Waals surface area contributed by atoms with Gasteiger partial charge in [0.25, 0.3) is 0 Å². The molecule has 0 radical (unpaired) electrons. The minimum atomic E-state index is -4.17. The summed E-state index contributed by atoms with van der Waals surface area (Å²) in [6.07, 6.45) is 6.56. The summed E-state index contributed by atoms with van der Waals surface area (Å²) in [5.41, 5.74) is -0.753. The first-order chi connectivity index (χ1) is 14.9. The van der Waals surface area contributed by atoms with E-state index in [2.05, 4.69) is 52.8 Å². The average molecular weight is 469 g/mol. The number of hydrogen-bond donors (Lipinski definition) is 0. The molecule has 33 heavy (non-hydrogen) atoms. The molecule has 1 aliphatic carbocycles. The van der Waals surface area contributed by atoms with Gasteiger partial charge < -0.3 is 0 Å². The number of nitriles is 1. The van der Waals surface area contributed by atoms with E-state index in [1.807, 2.05) is 20.8 Å². The summed E-state index contributed by atoms with van der Waals surface area (Å²) in [5, 5.41) is 9.89. The molecule has 190 valence electrons. The van der Waals surface area contributed by atoms with E-state index in [1.54, 1.807) is 4.90 Å². The molecule has 1 saturated carbocycles. The number of nitrogens with zero attached hydrogens (tertiary/aromatic N) is 2. The Hall–Kier alpha value is -1.02. The Kier molecular flexibility index (Phi) is 8.48. The third-order valence-electron chi connectivity index (χ3n) is 8.51. The van der Waals surface area contributed by atoms with Crippen molar-refractivity contribution >= 4 is 0 Å². The lowest BCUT2D eigenvalue weighted by atomic mass is 9.62. The van der Waals surface area contributed by atoms with E-state index in [9.17, 15) is 18.4 Å². The first kappa shape index (κ1) is 28.2. The number of halogens is 3. The van der Waals surface area contributed by atoms with Gasteiger partial charge in [0.2, 0.25) is 0 Å². The van der Waals surface area contributed by atoms with Crippen molar-refractivity contribution in [2.45, 2.75) is 125 Å². The van der Waals surface area contributed by atoms with Gasteiger partial charge in [0.15, 0.2) is 0 Å². The molecule has 0 spiro atoms. The van der Waals surface area contributed by atoms with Crippen molar-refractivity contribution < 1.29 is 13.2 Å². The largest absolute Gasteiger partial charge is 0.404 e. The lowest BCUT2D eigenvalue weighted by molar-refractivity contribution is -0.210. The molecule has 5 heteroatoms. The summed E-state index contributed by atoms with van der Waals surface area (Å²) in [6.45, 7) is 17.5. The highest BCUT2D eigenvalue weighted by Gasteiger charge is 2.50. The minimum absolute atomic E-state index is 0.0451. The molecule has 0 amide bonds. The first-order valence-electron chi connectivity index (χ1n) is 12.9. The maximum Gasteiger partial charge on any atom is 0.404 e.